The summed E-state index contributed by atoms with van der Waals surface area (Å²) >= 11 is 1.75. The maximum Gasteiger partial charge on any atom is 0.161 e. The van der Waals surface area contributed by atoms with Gasteiger partial charge in [0.2, 0.25) is 0 Å². The van der Waals surface area contributed by atoms with Gasteiger partial charge in [-0.05, 0) is 68.8 Å². The minimum Gasteiger partial charge on any atom is -0.321 e. The minimum absolute atomic E-state index is 0.672. The van der Waals surface area contributed by atoms with Crippen LogP contribution in [0.5, 0.6) is 0 Å². The molecule has 6 aromatic heterocycles. The number of piperidine rings is 1. The zero-order valence-electron chi connectivity index (χ0n) is 20.5. The first-order chi connectivity index (χ1) is 18.2. The number of fused-ring (bicyclic) bond motifs is 2. The minimum atomic E-state index is 0.672. The van der Waals surface area contributed by atoms with E-state index in [4.69, 9.17) is 4.98 Å². The van der Waals surface area contributed by atoms with Gasteiger partial charge in [-0.25, -0.2) is 15.0 Å². The third-order valence-electron chi connectivity index (χ3n) is 7.01. The molecule has 7 heterocycles. The van der Waals surface area contributed by atoms with Crippen LogP contribution in [0.25, 0.3) is 55.3 Å². The fraction of sp³-hybridized carbons (Fsp3) is 0.250. The van der Waals surface area contributed by atoms with Crippen LogP contribution in [0.1, 0.15) is 29.7 Å². The Kier molecular flexibility index (Phi) is 5.52. The van der Waals surface area contributed by atoms with Crippen molar-refractivity contribution in [3.05, 3.63) is 65.6 Å². The Labute approximate surface area is 217 Å². The number of aryl methyl sites for hydroxylation is 1. The highest BCUT2D eigenvalue weighted by Crippen LogP contribution is 2.34. The number of hydrogen-bond acceptors (Lipinski definition) is 7. The van der Waals surface area contributed by atoms with Gasteiger partial charge in [-0.1, -0.05) is 6.42 Å². The number of rotatable bonds is 5. The molecule has 7 rings (SSSR count). The molecule has 0 aliphatic carbocycles. The van der Waals surface area contributed by atoms with Crippen LogP contribution in [-0.4, -0.2) is 53.1 Å². The van der Waals surface area contributed by atoms with Crippen molar-refractivity contribution in [3.63, 3.8) is 0 Å². The van der Waals surface area contributed by atoms with Crippen LogP contribution in [0.2, 0.25) is 0 Å². The van der Waals surface area contributed by atoms with Crippen molar-refractivity contribution in [2.24, 2.45) is 0 Å². The van der Waals surface area contributed by atoms with E-state index in [0.717, 1.165) is 64.2 Å². The standard InChI is InChI=1S/C28H26N8S/c1-17-5-6-23(37-17)21-7-8-30-27-24(21)32-28(33-27)25-22-12-20(15-31-26(22)35-34-25)19-11-18(13-29-14-19)16-36-9-3-2-4-10-36/h5-8,11-15H,2-4,9-10,16H2,1H3,(H,30,32,33)(H,31,34,35). The second kappa shape index (κ2) is 9.17. The summed E-state index contributed by atoms with van der Waals surface area (Å²) in [4.78, 5) is 27.0. The van der Waals surface area contributed by atoms with Crippen molar-refractivity contribution < 1.29 is 0 Å². The molecule has 0 atom stereocenters. The molecule has 9 heteroatoms. The molecule has 184 valence electrons. The zero-order chi connectivity index (χ0) is 24.8. The van der Waals surface area contributed by atoms with Crippen molar-refractivity contribution in [2.45, 2.75) is 32.7 Å². The number of imidazole rings is 1. The molecule has 2 N–H and O–H groups in total. The van der Waals surface area contributed by atoms with Crippen LogP contribution in [0.3, 0.4) is 0 Å². The highest BCUT2D eigenvalue weighted by molar-refractivity contribution is 7.15. The monoisotopic (exact) mass is 506 g/mol. The van der Waals surface area contributed by atoms with Crippen LogP contribution in [0.15, 0.2) is 55.1 Å². The average molecular weight is 507 g/mol. The quantitative estimate of drug-likeness (QED) is 0.298. The molecule has 0 saturated carbocycles. The van der Waals surface area contributed by atoms with Crippen molar-refractivity contribution in [2.75, 3.05) is 13.1 Å². The number of thiophene rings is 1. The fourth-order valence-corrected chi connectivity index (χ4v) is 6.04. The molecule has 0 unspecified atom stereocenters. The van der Waals surface area contributed by atoms with E-state index in [1.165, 1.54) is 34.6 Å². The summed E-state index contributed by atoms with van der Waals surface area (Å²) in [5.41, 5.74) is 7.40. The first-order valence-corrected chi connectivity index (χ1v) is 13.5. The van der Waals surface area contributed by atoms with Gasteiger partial charge < -0.3 is 4.98 Å². The lowest BCUT2D eigenvalue weighted by molar-refractivity contribution is 0.220. The van der Waals surface area contributed by atoms with Gasteiger partial charge in [-0.2, -0.15) is 5.10 Å². The van der Waals surface area contributed by atoms with Crippen molar-refractivity contribution >= 4 is 33.5 Å². The van der Waals surface area contributed by atoms with Crippen LogP contribution >= 0.6 is 11.3 Å². The molecule has 6 aromatic rings. The summed E-state index contributed by atoms with van der Waals surface area (Å²) in [6, 6.07) is 10.6. The van der Waals surface area contributed by atoms with E-state index in [0.29, 0.717) is 5.82 Å². The number of H-pyrrole nitrogens is 2. The van der Waals surface area contributed by atoms with Crippen molar-refractivity contribution in [1.82, 2.24) is 40.0 Å². The summed E-state index contributed by atoms with van der Waals surface area (Å²) in [5, 5.41) is 8.54. The molecule has 0 radical (unpaired) electrons. The Morgan fingerprint density at radius 3 is 2.70 bits per heavy atom. The first-order valence-electron chi connectivity index (χ1n) is 12.6. The van der Waals surface area contributed by atoms with E-state index in [1.54, 1.807) is 11.3 Å². The maximum absolute atomic E-state index is 4.93. The highest BCUT2D eigenvalue weighted by atomic mass is 32.1. The third-order valence-corrected chi connectivity index (χ3v) is 8.05. The molecule has 37 heavy (non-hydrogen) atoms. The number of nitrogens with zero attached hydrogens (tertiary/aromatic N) is 6. The lowest BCUT2D eigenvalue weighted by atomic mass is 10.1. The second-order valence-corrected chi connectivity index (χ2v) is 11.0. The molecule has 1 aliphatic heterocycles. The van der Waals surface area contributed by atoms with E-state index < -0.39 is 0 Å². The van der Waals surface area contributed by atoms with E-state index in [1.807, 2.05) is 30.9 Å². The Morgan fingerprint density at radius 2 is 1.84 bits per heavy atom. The molecule has 0 spiro atoms. The van der Waals surface area contributed by atoms with Gasteiger partial charge in [0.1, 0.15) is 11.2 Å². The van der Waals surface area contributed by atoms with Gasteiger partial charge in [0, 0.05) is 57.8 Å². The largest absolute Gasteiger partial charge is 0.321 e. The number of pyridine rings is 3. The lowest BCUT2D eigenvalue weighted by Gasteiger charge is -2.26. The van der Waals surface area contributed by atoms with Crippen LogP contribution in [-0.2, 0) is 6.54 Å². The molecule has 8 nitrogen and oxygen atoms in total. The van der Waals surface area contributed by atoms with Crippen molar-refractivity contribution in [3.8, 4) is 33.1 Å². The molecule has 0 aromatic carbocycles. The normalized spacial score (nSPS) is 14.6. The highest BCUT2D eigenvalue weighted by Gasteiger charge is 2.18. The number of hydrogen-bond donors (Lipinski definition) is 2. The summed E-state index contributed by atoms with van der Waals surface area (Å²) in [7, 11) is 0. The fourth-order valence-electron chi connectivity index (χ4n) is 5.15. The second-order valence-electron chi connectivity index (χ2n) is 9.66. The average Bonchev–Trinajstić information content (AvgIpc) is 3.66. The molecule has 0 bridgehead atoms. The zero-order valence-corrected chi connectivity index (χ0v) is 21.3. The van der Waals surface area contributed by atoms with E-state index >= 15 is 0 Å². The van der Waals surface area contributed by atoms with E-state index in [9.17, 15) is 0 Å². The predicted molar refractivity (Wildman–Crippen MR) is 147 cm³/mol. The summed E-state index contributed by atoms with van der Waals surface area (Å²) < 4.78 is 0. The maximum atomic E-state index is 4.93. The molecular formula is C28H26N8S. The Bertz CT molecular complexity index is 1720. The first kappa shape index (κ1) is 22.3. The molecule has 0 amide bonds. The van der Waals surface area contributed by atoms with Gasteiger partial charge in [0.25, 0.3) is 0 Å². The number of nitrogens with one attached hydrogen (secondary N) is 2. The number of likely N-dealkylation sites (tertiary alicyclic amines) is 1. The third kappa shape index (κ3) is 4.20. The Hall–Kier alpha value is -3.95. The topological polar surface area (TPSA) is 99.3 Å². The van der Waals surface area contributed by atoms with Gasteiger partial charge >= 0.3 is 0 Å². The number of aromatic nitrogens is 7. The smallest absolute Gasteiger partial charge is 0.161 e. The Morgan fingerprint density at radius 1 is 0.946 bits per heavy atom. The van der Waals surface area contributed by atoms with Gasteiger partial charge in [0.05, 0.1) is 5.39 Å². The van der Waals surface area contributed by atoms with Crippen molar-refractivity contribution in [1.29, 1.82) is 0 Å². The Balaban J connectivity index is 1.26. The van der Waals surface area contributed by atoms with E-state index in [2.05, 4.69) is 66.2 Å². The van der Waals surface area contributed by atoms with Gasteiger partial charge in [-0.15, -0.1) is 11.3 Å². The SMILES string of the molecule is Cc1ccc(-c2ccnc3[nH]c(-c4n[nH]c5ncc(-c6cncc(CN7CCCCC7)c6)cc45)nc23)s1. The van der Waals surface area contributed by atoms with Gasteiger partial charge in [-0.3, -0.25) is 15.0 Å². The molecule has 1 saturated heterocycles. The predicted octanol–water partition coefficient (Wildman–Crippen LogP) is 5.98. The summed E-state index contributed by atoms with van der Waals surface area (Å²) in [5.74, 6) is 0.672. The van der Waals surface area contributed by atoms with E-state index in [-0.39, 0.29) is 0 Å². The summed E-state index contributed by atoms with van der Waals surface area (Å²) in [6.07, 6.45) is 11.5. The molecule has 1 fully saturated rings. The number of aromatic amines is 2. The van der Waals surface area contributed by atoms with Gasteiger partial charge in [0.15, 0.2) is 17.1 Å². The van der Waals surface area contributed by atoms with Crippen LogP contribution in [0.4, 0.5) is 0 Å². The molecule has 1 aliphatic rings. The van der Waals surface area contributed by atoms with Crippen LogP contribution < -0.4 is 0 Å². The summed E-state index contributed by atoms with van der Waals surface area (Å²) in [6.45, 7) is 5.37. The molecular weight excluding hydrogens is 480 g/mol. The van der Waals surface area contributed by atoms with Crippen LogP contribution in [0, 0.1) is 6.92 Å². The lowest BCUT2D eigenvalue weighted by Crippen LogP contribution is -2.29.